The molecule has 17 heavy (non-hydrogen) atoms. The van der Waals surface area contributed by atoms with Gasteiger partial charge in [0.05, 0.1) is 9.90 Å². The Morgan fingerprint density at radius 3 is 2.71 bits per heavy atom. The van der Waals surface area contributed by atoms with Crippen LogP contribution in [0.5, 0.6) is 0 Å². The minimum Gasteiger partial charge on any atom is -0.478 e. The molecule has 2 rings (SSSR count). The van der Waals surface area contributed by atoms with E-state index < -0.39 is 5.97 Å². The maximum absolute atomic E-state index is 11.0. The standard InChI is InChI=1S/C12H10ClNO2S/c13-11-6-5-8(17-11)7-14-10-4-2-1-3-9(10)12(15)16/h1-6,14H,7H2,(H,15,16). The van der Waals surface area contributed by atoms with E-state index in [2.05, 4.69) is 5.32 Å². The largest absolute Gasteiger partial charge is 0.478 e. The second-order valence-corrected chi connectivity index (χ2v) is 5.21. The summed E-state index contributed by atoms with van der Waals surface area (Å²) in [5.41, 5.74) is 0.889. The molecule has 0 bridgehead atoms. The van der Waals surface area contributed by atoms with Crippen LogP contribution in [0.4, 0.5) is 5.69 Å². The van der Waals surface area contributed by atoms with E-state index in [0.29, 0.717) is 12.2 Å². The molecule has 0 spiro atoms. The molecule has 0 radical (unpaired) electrons. The Bertz CT molecular complexity index is 539. The number of carbonyl (C=O) groups is 1. The summed E-state index contributed by atoms with van der Waals surface area (Å²) in [5.74, 6) is -0.933. The first kappa shape index (κ1) is 12.0. The molecule has 0 amide bonds. The highest BCUT2D eigenvalue weighted by Gasteiger charge is 2.08. The molecule has 0 aliphatic carbocycles. The number of carboxylic acids is 1. The molecule has 1 aromatic heterocycles. The number of para-hydroxylation sites is 1. The van der Waals surface area contributed by atoms with Crippen molar-refractivity contribution in [2.24, 2.45) is 0 Å². The van der Waals surface area contributed by atoms with Crippen molar-refractivity contribution in [3.8, 4) is 0 Å². The van der Waals surface area contributed by atoms with Gasteiger partial charge in [-0.1, -0.05) is 23.7 Å². The number of nitrogens with one attached hydrogen (secondary N) is 1. The predicted molar refractivity (Wildman–Crippen MR) is 70.1 cm³/mol. The number of aromatic carboxylic acids is 1. The molecule has 0 aliphatic heterocycles. The molecule has 3 nitrogen and oxygen atoms in total. The van der Waals surface area contributed by atoms with Gasteiger partial charge in [0.15, 0.2) is 0 Å². The fourth-order valence-corrected chi connectivity index (χ4v) is 2.48. The van der Waals surface area contributed by atoms with Crippen LogP contribution in [0.15, 0.2) is 36.4 Å². The molecule has 0 fully saturated rings. The number of carboxylic acid groups (broad SMARTS) is 1. The lowest BCUT2D eigenvalue weighted by atomic mass is 10.2. The molecule has 0 aliphatic rings. The first-order chi connectivity index (χ1) is 8.16. The Morgan fingerprint density at radius 2 is 2.06 bits per heavy atom. The first-order valence-electron chi connectivity index (χ1n) is 4.97. The second-order valence-electron chi connectivity index (χ2n) is 3.41. The van der Waals surface area contributed by atoms with Crippen LogP contribution in [0.1, 0.15) is 15.2 Å². The molecule has 88 valence electrons. The Hall–Kier alpha value is -1.52. The van der Waals surface area contributed by atoms with Crippen LogP contribution in [0.2, 0.25) is 4.34 Å². The topological polar surface area (TPSA) is 49.3 Å². The summed E-state index contributed by atoms with van der Waals surface area (Å²) in [6.07, 6.45) is 0. The highest BCUT2D eigenvalue weighted by atomic mass is 35.5. The van der Waals surface area contributed by atoms with E-state index in [0.717, 1.165) is 9.21 Å². The van der Waals surface area contributed by atoms with Crippen molar-refractivity contribution >= 4 is 34.6 Å². The third-order valence-electron chi connectivity index (χ3n) is 2.24. The van der Waals surface area contributed by atoms with E-state index in [4.69, 9.17) is 16.7 Å². The molecule has 2 N–H and O–H groups in total. The lowest BCUT2D eigenvalue weighted by molar-refractivity contribution is 0.0698. The minimum atomic E-state index is -0.933. The van der Waals surface area contributed by atoms with Gasteiger partial charge in [-0.25, -0.2) is 4.79 Å². The van der Waals surface area contributed by atoms with Gasteiger partial charge >= 0.3 is 5.97 Å². The second kappa shape index (κ2) is 5.21. The van der Waals surface area contributed by atoms with Crippen molar-refractivity contribution in [3.05, 3.63) is 51.2 Å². The van der Waals surface area contributed by atoms with Crippen LogP contribution in [-0.4, -0.2) is 11.1 Å². The quantitative estimate of drug-likeness (QED) is 0.888. The van der Waals surface area contributed by atoms with Crippen LogP contribution in [0.3, 0.4) is 0 Å². The average molecular weight is 268 g/mol. The smallest absolute Gasteiger partial charge is 0.337 e. The highest BCUT2D eigenvalue weighted by molar-refractivity contribution is 7.16. The molecule has 0 saturated heterocycles. The van der Waals surface area contributed by atoms with Crippen molar-refractivity contribution in [3.63, 3.8) is 0 Å². The number of thiophene rings is 1. The molecular formula is C12H10ClNO2S. The average Bonchev–Trinajstić information content (AvgIpc) is 2.73. The lowest BCUT2D eigenvalue weighted by Crippen LogP contribution is -2.05. The monoisotopic (exact) mass is 267 g/mol. The van der Waals surface area contributed by atoms with Gasteiger partial charge in [0.2, 0.25) is 0 Å². The van der Waals surface area contributed by atoms with Gasteiger partial charge in [-0.15, -0.1) is 11.3 Å². The van der Waals surface area contributed by atoms with Gasteiger partial charge < -0.3 is 10.4 Å². The van der Waals surface area contributed by atoms with Crippen LogP contribution in [0, 0.1) is 0 Å². The van der Waals surface area contributed by atoms with E-state index in [1.165, 1.54) is 11.3 Å². The molecule has 5 heteroatoms. The zero-order valence-corrected chi connectivity index (χ0v) is 10.4. The number of rotatable bonds is 4. The number of halogens is 1. The third-order valence-corrected chi connectivity index (χ3v) is 3.47. The Kier molecular flexibility index (Phi) is 3.66. The summed E-state index contributed by atoms with van der Waals surface area (Å²) >= 11 is 7.30. The van der Waals surface area contributed by atoms with Crippen molar-refractivity contribution in [1.82, 2.24) is 0 Å². The SMILES string of the molecule is O=C(O)c1ccccc1NCc1ccc(Cl)s1. The van der Waals surface area contributed by atoms with E-state index >= 15 is 0 Å². The fraction of sp³-hybridized carbons (Fsp3) is 0.0833. The molecule has 0 atom stereocenters. The Labute approximate surface area is 108 Å². The Morgan fingerprint density at radius 1 is 1.29 bits per heavy atom. The van der Waals surface area contributed by atoms with Gasteiger partial charge in [0.25, 0.3) is 0 Å². The minimum absolute atomic E-state index is 0.273. The van der Waals surface area contributed by atoms with E-state index in [9.17, 15) is 4.79 Å². The first-order valence-corrected chi connectivity index (χ1v) is 6.16. The summed E-state index contributed by atoms with van der Waals surface area (Å²) < 4.78 is 0.730. The zero-order valence-electron chi connectivity index (χ0n) is 8.81. The zero-order chi connectivity index (χ0) is 12.3. The summed E-state index contributed by atoms with van der Waals surface area (Å²) in [7, 11) is 0. The van der Waals surface area contributed by atoms with Crippen LogP contribution in [-0.2, 0) is 6.54 Å². The summed E-state index contributed by atoms with van der Waals surface area (Å²) in [5, 5.41) is 12.1. The third kappa shape index (κ3) is 2.99. The summed E-state index contributed by atoms with van der Waals surface area (Å²) in [6, 6.07) is 10.6. The Balaban J connectivity index is 2.11. The van der Waals surface area contributed by atoms with Crippen molar-refractivity contribution in [1.29, 1.82) is 0 Å². The highest BCUT2D eigenvalue weighted by Crippen LogP contribution is 2.23. The molecular weight excluding hydrogens is 258 g/mol. The van der Waals surface area contributed by atoms with Crippen molar-refractivity contribution < 1.29 is 9.90 Å². The summed E-state index contributed by atoms with van der Waals surface area (Å²) in [4.78, 5) is 12.0. The van der Waals surface area contributed by atoms with E-state index in [-0.39, 0.29) is 5.56 Å². The van der Waals surface area contributed by atoms with Gasteiger partial charge in [-0.2, -0.15) is 0 Å². The van der Waals surface area contributed by atoms with Gasteiger partial charge in [-0.3, -0.25) is 0 Å². The molecule has 2 aromatic rings. The van der Waals surface area contributed by atoms with E-state index in [1.54, 1.807) is 24.3 Å². The molecule has 1 heterocycles. The predicted octanol–water partition coefficient (Wildman–Crippen LogP) is 3.71. The van der Waals surface area contributed by atoms with Crippen LogP contribution < -0.4 is 5.32 Å². The van der Waals surface area contributed by atoms with E-state index in [1.807, 2.05) is 12.1 Å². The molecule has 0 saturated carbocycles. The number of hydrogen-bond donors (Lipinski definition) is 2. The lowest BCUT2D eigenvalue weighted by Gasteiger charge is -2.07. The number of benzene rings is 1. The molecule has 0 unspecified atom stereocenters. The number of anilines is 1. The number of hydrogen-bond acceptors (Lipinski definition) is 3. The normalized spacial score (nSPS) is 10.2. The van der Waals surface area contributed by atoms with Gasteiger partial charge in [0.1, 0.15) is 0 Å². The van der Waals surface area contributed by atoms with Gasteiger partial charge in [-0.05, 0) is 24.3 Å². The summed E-state index contributed by atoms with van der Waals surface area (Å²) in [6.45, 7) is 0.571. The van der Waals surface area contributed by atoms with Crippen molar-refractivity contribution in [2.45, 2.75) is 6.54 Å². The fourth-order valence-electron chi connectivity index (χ4n) is 1.45. The molecule has 1 aromatic carbocycles. The van der Waals surface area contributed by atoms with Crippen LogP contribution >= 0.6 is 22.9 Å². The maximum atomic E-state index is 11.0. The van der Waals surface area contributed by atoms with Crippen LogP contribution in [0.25, 0.3) is 0 Å². The van der Waals surface area contributed by atoms with Crippen molar-refractivity contribution in [2.75, 3.05) is 5.32 Å². The maximum Gasteiger partial charge on any atom is 0.337 e. The van der Waals surface area contributed by atoms with Gasteiger partial charge in [0, 0.05) is 17.1 Å².